The van der Waals surface area contributed by atoms with Crippen LogP contribution in [0, 0.1) is 10.8 Å². The Balaban J connectivity index is 1.61. The number of esters is 3. The van der Waals surface area contributed by atoms with Gasteiger partial charge in [0.1, 0.15) is 6.10 Å². The van der Waals surface area contributed by atoms with Crippen molar-refractivity contribution in [1.82, 2.24) is 0 Å². The second kappa shape index (κ2) is 6.71. The minimum atomic E-state index is -2.94. The number of hydrogen-bond acceptors (Lipinski definition) is 11. The number of epoxide rings is 1. The molecule has 11 nitrogen and oxygen atoms in total. The Morgan fingerprint density at radius 2 is 1.79 bits per heavy atom. The molecule has 0 aromatic carbocycles. The van der Waals surface area contributed by atoms with E-state index in [9.17, 15) is 29.4 Å². The molecule has 0 unspecified atom stereocenters. The number of ether oxygens (including phenoxy) is 4. The highest BCUT2D eigenvalue weighted by Gasteiger charge is 2.98. The number of rotatable bonds is 2. The molecule has 7 rings (SSSR count). The molecule has 4 heterocycles. The minimum Gasteiger partial charge on any atom is -0.472 e. The lowest BCUT2D eigenvalue weighted by Gasteiger charge is -2.65. The molecule has 0 amide bonds. The van der Waals surface area contributed by atoms with E-state index in [2.05, 4.69) is 0 Å². The molecule has 0 bridgehead atoms. The summed E-state index contributed by atoms with van der Waals surface area (Å²) in [4.78, 5) is 53.9. The van der Waals surface area contributed by atoms with E-state index in [0.717, 1.165) is 6.92 Å². The first-order valence-corrected chi connectivity index (χ1v) is 12.9. The van der Waals surface area contributed by atoms with E-state index in [0.29, 0.717) is 18.4 Å². The molecule has 3 aliphatic heterocycles. The first-order chi connectivity index (χ1) is 18.1. The maximum Gasteiger partial charge on any atom is 0.339 e. The summed E-state index contributed by atoms with van der Waals surface area (Å²) in [5.41, 5.74) is -11.6. The van der Waals surface area contributed by atoms with Crippen LogP contribution in [0.1, 0.15) is 59.1 Å². The van der Waals surface area contributed by atoms with Crippen LogP contribution in [0.4, 0.5) is 0 Å². The zero-order valence-corrected chi connectivity index (χ0v) is 22.0. The number of Topliss-reactive ketones (excluding diaryl/α,β-unsaturated/α-hetero) is 1. The highest BCUT2D eigenvalue weighted by atomic mass is 16.7. The van der Waals surface area contributed by atoms with Gasteiger partial charge in [-0.1, -0.05) is 13.0 Å². The average Bonchev–Trinajstić information content (AvgIpc) is 3.34. The van der Waals surface area contributed by atoms with Crippen molar-refractivity contribution < 1.29 is 52.8 Å². The van der Waals surface area contributed by atoms with Gasteiger partial charge in [0.2, 0.25) is 5.60 Å². The van der Waals surface area contributed by atoms with E-state index < -0.39 is 80.8 Å². The first-order valence-electron chi connectivity index (χ1n) is 12.9. The molecule has 11 heteroatoms. The predicted octanol–water partition coefficient (Wildman–Crippen LogP) is 1.37. The highest BCUT2D eigenvalue weighted by molar-refractivity contribution is 6.08. The van der Waals surface area contributed by atoms with Crippen molar-refractivity contribution in [3.63, 3.8) is 0 Å². The van der Waals surface area contributed by atoms with Gasteiger partial charge in [0.15, 0.2) is 34.8 Å². The summed E-state index contributed by atoms with van der Waals surface area (Å²) in [5.74, 6) is -3.61. The Kier molecular flexibility index (Phi) is 4.25. The Hall–Kier alpha value is -3.28. The third-order valence-corrected chi connectivity index (χ3v) is 10.2. The Bertz CT molecular complexity index is 1470. The number of hydrogen-bond donors (Lipinski definition) is 2. The standard InChI is InChI=1S/C28H28O11/c1-12(29)36-18-14-7-6-9-24(4)15(14)16(20(30)37-17(24)13-8-10-35-11-13)27(34)25(5)28(19(38-28)21(31)39-25)23(2,3)22(32)26(18,27)33/h7-8,10-11,17-19,33-34H,6,9H2,1-5H3/t17-,18+,19-,24+,25+,26-,27+,28+/m0/s1. The van der Waals surface area contributed by atoms with Crippen LogP contribution in [0.5, 0.6) is 0 Å². The molecule has 2 N–H and O–H groups in total. The van der Waals surface area contributed by atoms with Gasteiger partial charge in [-0.15, -0.1) is 0 Å². The van der Waals surface area contributed by atoms with Crippen molar-refractivity contribution in [1.29, 1.82) is 0 Å². The summed E-state index contributed by atoms with van der Waals surface area (Å²) in [6, 6.07) is 1.66. The molecule has 8 atom stereocenters. The lowest BCUT2D eigenvalue weighted by Crippen LogP contribution is -2.88. The fourth-order valence-corrected chi connectivity index (χ4v) is 8.53. The van der Waals surface area contributed by atoms with Crippen LogP contribution in [0.3, 0.4) is 0 Å². The second-order valence-electron chi connectivity index (χ2n) is 12.3. The van der Waals surface area contributed by atoms with Gasteiger partial charge in [-0.3, -0.25) is 9.59 Å². The predicted molar refractivity (Wildman–Crippen MR) is 126 cm³/mol. The molecule has 2 saturated heterocycles. The van der Waals surface area contributed by atoms with Crippen molar-refractivity contribution >= 4 is 23.7 Å². The quantitative estimate of drug-likeness (QED) is 0.316. The lowest BCUT2D eigenvalue weighted by atomic mass is 9.42. The molecule has 1 aromatic heterocycles. The van der Waals surface area contributed by atoms with Crippen LogP contribution in [-0.4, -0.2) is 68.5 Å². The summed E-state index contributed by atoms with van der Waals surface area (Å²) in [6.07, 6.45) is 1.71. The summed E-state index contributed by atoms with van der Waals surface area (Å²) >= 11 is 0. The van der Waals surface area contributed by atoms with Gasteiger partial charge in [-0.05, 0) is 50.8 Å². The summed E-state index contributed by atoms with van der Waals surface area (Å²) < 4.78 is 28.5. The van der Waals surface area contributed by atoms with Gasteiger partial charge in [-0.2, -0.15) is 0 Å². The van der Waals surface area contributed by atoms with Crippen molar-refractivity contribution in [2.24, 2.45) is 10.8 Å². The van der Waals surface area contributed by atoms with Gasteiger partial charge < -0.3 is 33.6 Å². The first kappa shape index (κ1) is 24.7. The zero-order valence-electron chi connectivity index (χ0n) is 22.0. The third kappa shape index (κ3) is 2.24. The van der Waals surface area contributed by atoms with Crippen LogP contribution in [0.15, 0.2) is 45.8 Å². The maximum atomic E-state index is 14.4. The number of aliphatic hydroxyl groups is 2. The molecule has 3 fully saturated rings. The molecule has 1 aromatic rings. The number of allylic oxidation sites excluding steroid dienone is 1. The molecule has 3 aliphatic carbocycles. The normalized spacial score (nSPS) is 46.7. The van der Waals surface area contributed by atoms with Crippen LogP contribution >= 0.6 is 0 Å². The molecule has 1 saturated carbocycles. The lowest BCUT2D eigenvalue weighted by molar-refractivity contribution is -0.294. The van der Waals surface area contributed by atoms with Crippen molar-refractivity contribution in [3.05, 3.63) is 47.0 Å². The Labute approximate surface area is 222 Å². The molecular formula is C28H28O11. The largest absolute Gasteiger partial charge is 0.472 e. The monoisotopic (exact) mass is 540 g/mol. The van der Waals surface area contributed by atoms with Gasteiger partial charge in [0, 0.05) is 17.9 Å². The van der Waals surface area contributed by atoms with Crippen molar-refractivity contribution in [2.45, 2.75) is 88.2 Å². The number of cyclic esters (lactones) is 1. The van der Waals surface area contributed by atoms with E-state index in [1.807, 2.05) is 6.92 Å². The van der Waals surface area contributed by atoms with Crippen LogP contribution in [0.2, 0.25) is 0 Å². The van der Waals surface area contributed by atoms with Gasteiger partial charge in [-0.25, -0.2) is 9.59 Å². The topological polar surface area (TPSA) is 162 Å². The van der Waals surface area contributed by atoms with Gasteiger partial charge in [0.05, 0.1) is 23.5 Å². The van der Waals surface area contributed by atoms with Crippen LogP contribution in [0.25, 0.3) is 0 Å². The van der Waals surface area contributed by atoms with E-state index in [-0.39, 0.29) is 11.1 Å². The molecule has 39 heavy (non-hydrogen) atoms. The Morgan fingerprint density at radius 3 is 2.41 bits per heavy atom. The molecule has 1 spiro atoms. The SMILES string of the molecule is CC(=O)O[C@@H]1C2=CCC[C@]3(C)C2=C(C(=O)O[C@H]3c2ccoc2)[C@@]2(O)[C@@]3(C)OC(=O)[C@@H]4O[C@@]43C(C)(C)C(=O)[C@@]12O. The van der Waals surface area contributed by atoms with Gasteiger partial charge in [0.25, 0.3) is 0 Å². The highest BCUT2D eigenvalue weighted by Crippen LogP contribution is 2.75. The minimum absolute atomic E-state index is 0.229. The maximum absolute atomic E-state index is 14.4. The number of ketones is 1. The molecule has 0 radical (unpaired) electrons. The van der Waals surface area contributed by atoms with E-state index in [1.54, 1.807) is 12.1 Å². The van der Waals surface area contributed by atoms with Gasteiger partial charge >= 0.3 is 17.9 Å². The second-order valence-corrected chi connectivity index (χ2v) is 12.3. The summed E-state index contributed by atoms with van der Waals surface area (Å²) in [7, 11) is 0. The summed E-state index contributed by atoms with van der Waals surface area (Å²) in [6.45, 7) is 7.27. The van der Waals surface area contributed by atoms with E-state index in [4.69, 9.17) is 23.4 Å². The smallest absolute Gasteiger partial charge is 0.339 e. The van der Waals surface area contributed by atoms with Crippen LogP contribution < -0.4 is 0 Å². The summed E-state index contributed by atoms with van der Waals surface area (Å²) in [5, 5.41) is 25.5. The number of furan rings is 1. The fourth-order valence-electron chi connectivity index (χ4n) is 8.53. The Morgan fingerprint density at radius 1 is 1.08 bits per heavy atom. The number of carbonyl (C=O) groups excluding carboxylic acids is 4. The molecular weight excluding hydrogens is 512 g/mol. The van der Waals surface area contributed by atoms with Crippen molar-refractivity contribution in [3.8, 4) is 0 Å². The zero-order chi connectivity index (χ0) is 28.1. The number of carbonyl (C=O) groups is 4. The van der Waals surface area contributed by atoms with Crippen molar-refractivity contribution in [2.75, 3.05) is 0 Å². The molecule has 206 valence electrons. The van der Waals surface area contributed by atoms with E-state index in [1.165, 1.54) is 33.3 Å². The fraction of sp³-hybridized carbons (Fsp3) is 0.571. The number of fused-ring (bicyclic) bond motifs is 3. The van der Waals surface area contributed by atoms with E-state index >= 15 is 0 Å². The average molecular weight is 541 g/mol. The van der Waals surface area contributed by atoms with Crippen LogP contribution in [-0.2, 0) is 38.1 Å². The third-order valence-electron chi connectivity index (χ3n) is 10.2. The molecule has 6 aliphatic rings.